The van der Waals surface area contributed by atoms with E-state index in [1.165, 1.54) is 13.8 Å². The lowest BCUT2D eigenvalue weighted by atomic mass is 10.2. The van der Waals surface area contributed by atoms with Gasteiger partial charge in [-0.3, -0.25) is 9.59 Å². The molecule has 0 rings (SSSR count). The molecule has 0 aliphatic carbocycles. The van der Waals surface area contributed by atoms with Crippen molar-refractivity contribution in [2.75, 3.05) is 12.3 Å². The van der Waals surface area contributed by atoms with Crippen LogP contribution in [-0.4, -0.2) is 34.0 Å². The van der Waals surface area contributed by atoms with Crippen LogP contribution >= 0.6 is 11.8 Å². The van der Waals surface area contributed by atoms with E-state index in [9.17, 15) is 9.59 Å². The molecule has 0 aliphatic heterocycles. The normalized spacial score (nSPS) is 10.4. The molecule has 0 aromatic carbocycles. The van der Waals surface area contributed by atoms with Crippen LogP contribution in [0.15, 0.2) is 0 Å². The summed E-state index contributed by atoms with van der Waals surface area (Å²) in [6.07, 6.45) is 0. The fourth-order valence-electron chi connectivity index (χ4n) is 0.497. The van der Waals surface area contributed by atoms with Crippen molar-refractivity contribution in [2.45, 2.75) is 18.6 Å². The molecule has 0 heterocycles. The topological polar surface area (TPSA) is 90.2 Å². The first-order chi connectivity index (χ1) is 6.40. The van der Waals surface area contributed by atoms with Crippen LogP contribution in [0, 0.1) is 11.3 Å². The molecule has 5 nitrogen and oxygen atoms in total. The molecule has 0 bridgehead atoms. The first-order valence-corrected chi connectivity index (χ1v) is 4.89. The van der Waals surface area contributed by atoms with E-state index in [0.717, 1.165) is 11.8 Å². The lowest BCUT2D eigenvalue weighted by molar-refractivity contribution is -0.138. The van der Waals surface area contributed by atoms with Gasteiger partial charge in [0.1, 0.15) is 11.3 Å². The largest absolute Gasteiger partial charge is 0.480 e. The standard InChI is InChI=1S/C8H12N2O3S/c1-8(2,7(12)13)14-5-6(11)10-4-3-9/h4-5H2,1-2H3,(H,10,11)(H,12,13). The maximum Gasteiger partial charge on any atom is 0.319 e. The van der Waals surface area contributed by atoms with Crippen LogP contribution in [0.25, 0.3) is 0 Å². The summed E-state index contributed by atoms with van der Waals surface area (Å²) in [4.78, 5) is 21.6. The van der Waals surface area contributed by atoms with Crippen LogP contribution in [-0.2, 0) is 9.59 Å². The SMILES string of the molecule is CC(C)(SCC(=O)NCC#N)C(=O)O. The van der Waals surface area contributed by atoms with Gasteiger partial charge in [0.2, 0.25) is 5.91 Å². The van der Waals surface area contributed by atoms with Crippen LogP contribution in [0.1, 0.15) is 13.8 Å². The predicted molar refractivity (Wildman–Crippen MR) is 52.8 cm³/mol. The van der Waals surface area contributed by atoms with Gasteiger partial charge in [0.25, 0.3) is 0 Å². The summed E-state index contributed by atoms with van der Waals surface area (Å²) in [5, 5.41) is 19.2. The van der Waals surface area contributed by atoms with Crippen molar-refractivity contribution < 1.29 is 14.7 Å². The summed E-state index contributed by atoms with van der Waals surface area (Å²) in [6.45, 7) is 3.00. The van der Waals surface area contributed by atoms with Crippen LogP contribution in [0.2, 0.25) is 0 Å². The van der Waals surface area contributed by atoms with Gasteiger partial charge in [-0.2, -0.15) is 5.26 Å². The molecule has 0 aromatic heterocycles. The van der Waals surface area contributed by atoms with Gasteiger partial charge in [0.05, 0.1) is 11.8 Å². The predicted octanol–water partition coefficient (Wildman–Crippen LogP) is 0.223. The number of carboxylic acids is 1. The molecule has 0 fully saturated rings. The second kappa shape index (κ2) is 5.50. The number of rotatable bonds is 5. The minimum atomic E-state index is -0.982. The minimum Gasteiger partial charge on any atom is -0.480 e. The summed E-state index contributed by atoms with van der Waals surface area (Å²) >= 11 is 1.02. The van der Waals surface area contributed by atoms with E-state index in [4.69, 9.17) is 10.4 Å². The fraction of sp³-hybridized carbons (Fsp3) is 0.625. The number of carboxylic acid groups (broad SMARTS) is 1. The lowest BCUT2D eigenvalue weighted by Crippen LogP contribution is -2.32. The van der Waals surface area contributed by atoms with Crippen molar-refractivity contribution in [2.24, 2.45) is 0 Å². The van der Waals surface area contributed by atoms with Crippen molar-refractivity contribution >= 4 is 23.6 Å². The summed E-state index contributed by atoms with van der Waals surface area (Å²) in [5.74, 6) is -1.25. The zero-order chi connectivity index (χ0) is 11.2. The van der Waals surface area contributed by atoms with Gasteiger partial charge in [-0.1, -0.05) is 0 Å². The summed E-state index contributed by atoms with van der Waals surface area (Å²) in [7, 11) is 0. The van der Waals surface area contributed by atoms with Gasteiger partial charge in [-0.15, -0.1) is 11.8 Å². The molecular formula is C8H12N2O3S. The molecule has 14 heavy (non-hydrogen) atoms. The van der Waals surface area contributed by atoms with Crippen LogP contribution in [0.4, 0.5) is 0 Å². The molecule has 6 heteroatoms. The number of carbonyl (C=O) groups is 2. The number of hydrogen-bond acceptors (Lipinski definition) is 4. The summed E-state index contributed by atoms with van der Waals surface area (Å²) in [6, 6.07) is 1.76. The van der Waals surface area contributed by atoms with E-state index in [0.29, 0.717) is 0 Å². The number of thioether (sulfide) groups is 1. The van der Waals surface area contributed by atoms with Crippen molar-refractivity contribution in [3.05, 3.63) is 0 Å². The number of nitrogens with one attached hydrogen (secondary N) is 1. The molecule has 0 aromatic rings. The number of amides is 1. The monoisotopic (exact) mass is 216 g/mol. The minimum absolute atomic E-state index is 0.0426. The number of nitrogens with zero attached hydrogens (tertiary/aromatic N) is 1. The van der Waals surface area contributed by atoms with Gasteiger partial charge < -0.3 is 10.4 Å². The van der Waals surface area contributed by atoms with Crippen LogP contribution in [0.5, 0.6) is 0 Å². The third-order valence-corrected chi connectivity index (χ3v) is 2.75. The number of aliphatic carboxylic acids is 1. The molecule has 0 saturated heterocycles. The molecule has 0 radical (unpaired) electrons. The molecular weight excluding hydrogens is 204 g/mol. The van der Waals surface area contributed by atoms with Gasteiger partial charge in [-0.05, 0) is 13.8 Å². The van der Waals surface area contributed by atoms with E-state index in [-0.39, 0.29) is 18.2 Å². The Bertz CT molecular complexity index is 270. The van der Waals surface area contributed by atoms with E-state index < -0.39 is 10.7 Å². The van der Waals surface area contributed by atoms with Gasteiger partial charge in [0.15, 0.2) is 0 Å². The maximum absolute atomic E-state index is 11.0. The zero-order valence-electron chi connectivity index (χ0n) is 8.03. The first-order valence-electron chi connectivity index (χ1n) is 3.91. The summed E-state index contributed by atoms with van der Waals surface area (Å²) < 4.78 is -0.982. The Morgan fingerprint density at radius 3 is 2.57 bits per heavy atom. The Kier molecular flexibility index (Phi) is 5.02. The van der Waals surface area contributed by atoms with Gasteiger partial charge in [0, 0.05) is 0 Å². The Morgan fingerprint density at radius 2 is 2.14 bits per heavy atom. The highest BCUT2D eigenvalue weighted by Gasteiger charge is 2.28. The smallest absolute Gasteiger partial charge is 0.319 e. The lowest BCUT2D eigenvalue weighted by Gasteiger charge is -2.17. The number of nitriles is 1. The van der Waals surface area contributed by atoms with Crippen molar-refractivity contribution in [3.63, 3.8) is 0 Å². The highest BCUT2D eigenvalue weighted by atomic mass is 32.2. The average molecular weight is 216 g/mol. The van der Waals surface area contributed by atoms with E-state index in [1.807, 2.05) is 0 Å². The average Bonchev–Trinajstić information content (AvgIpc) is 2.11. The van der Waals surface area contributed by atoms with Gasteiger partial charge >= 0.3 is 5.97 Å². The zero-order valence-corrected chi connectivity index (χ0v) is 8.85. The molecule has 0 aliphatic rings. The fourth-order valence-corrected chi connectivity index (χ4v) is 1.21. The molecule has 0 spiro atoms. The Balaban J connectivity index is 3.89. The summed E-state index contributed by atoms with van der Waals surface area (Å²) in [5.41, 5.74) is 0. The second-order valence-electron chi connectivity index (χ2n) is 3.04. The molecule has 1 amide bonds. The highest BCUT2D eigenvalue weighted by Crippen LogP contribution is 2.23. The highest BCUT2D eigenvalue weighted by molar-refractivity contribution is 8.01. The van der Waals surface area contributed by atoms with E-state index in [1.54, 1.807) is 6.07 Å². The molecule has 78 valence electrons. The second-order valence-corrected chi connectivity index (χ2v) is 4.64. The molecule has 0 unspecified atom stereocenters. The third kappa shape index (κ3) is 4.72. The van der Waals surface area contributed by atoms with Crippen molar-refractivity contribution in [1.29, 1.82) is 5.26 Å². The maximum atomic E-state index is 11.0. The quantitative estimate of drug-likeness (QED) is 0.642. The van der Waals surface area contributed by atoms with Crippen molar-refractivity contribution in [1.82, 2.24) is 5.32 Å². The number of hydrogen-bond donors (Lipinski definition) is 2. The van der Waals surface area contributed by atoms with E-state index in [2.05, 4.69) is 5.32 Å². The van der Waals surface area contributed by atoms with Crippen LogP contribution in [0.3, 0.4) is 0 Å². The first kappa shape index (κ1) is 12.8. The Labute approximate surface area is 86.5 Å². The van der Waals surface area contributed by atoms with Crippen molar-refractivity contribution in [3.8, 4) is 6.07 Å². The third-order valence-electron chi connectivity index (χ3n) is 1.44. The molecule has 0 saturated carbocycles. The Morgan fingerprint density at radius 1 is 1.57 bits per heavy atom. The van der Waals surface area contributed by atoms with Gasteiger partial charge in [-0.25, -0.2) is 0 Å². The number of carbonyl (C=O) groups excluding carboxylic acids is 1. The Hall–Kier alpha value is -1.22. The van der Waals surface area contributed by atoms with E-state index >= 15 is 0 Å². The van der Waals surface area contributed by atoms with Crippen LogP contribution < -0.4 is 5.32 Å². The molecule has 2 N–H and O–H groups in total. The molecule has 0 atom stereocenters.